The van der Waals surface area contributed by atoms with Crippen molar-refractivity contribution >= 4 is 34.4 Å². The molecule has 0 saturated carbocycles. The Morgan fingerprint density at radius 2 is 1.88 bits per heavy atom. The Labute approximate surface area is 154 Å². The molecule has 0 aliphatic rings. The Kier molecular flexibility index (Phi) is 5.23. The topological polar surface area (TPSA) is 79.2 Å². The molecular formula is C19H17ClFN3O2. The molecule has 5 nitrogen and oxygen atoms in total. The van der Waals surface area contributed by atoms with Gasteiger partial charge in [0.2, 0.25) is 5.91 Å². The van der Waals surface area contributed by atoms with Crippen molar-refractivity contribution in [2.75, 3.05) is 0 Å². The Bertz CT molecular complexity index is 970. The number of para-hydroxylation sites is 1. The lowest BCUT2D eigenvalue weighted by Gasteiger charge is -2.19. The van der Waals surface area contributed by atoms with Gasteiger partial charge in [0.15, 0.2) is 0 Å². The van der Waals surface area contributed by atoms with Gasteiger partial charge in [0.1, 0.15) is 5.82 Å². The Morgan fingerprint density at radius 3 is 2.62 bits per heavy atom. The number of aromatic amines is 1. The van der Waals surface area contributed by atoms with Crippen molar-refractivity contribution in [2.24, 2.45) is 5.73 Å². The maximum atomic E-state index is 13.8. The van der Waals surface area contributed by atoms with Crippen LogP contribution in [0.3, 0.4) is 0 Å². The molecule has 26 heavy (non-hydrogen) atoms. The van der Waals surface area contributed by atoms with Crippen LogP contribution in [0.4, 0.5) is 9.18 Å². The quantitative estimate of drug-likeness (QED) is 0.708. The Morgan fingerprint density at radius 1 is 1.12 bits per heavy atom. The van der Waals surface area contributed by atoms with Crippen LogP contribution in [0.25, 0.3) is 10.9 Å². The van der Waals surface area contributed by atoms with E-state index < -0.39 is 17.8 Å². The highest BCUT2D eigenvalue weighted by Gasteiger charge is 2.21. The summed E-state index contributed by atoms with van der Waals surface area (Å²) in [5.74, 6) is -0.949. The maximum absolute atomic E-state index is 13.8. The molecule has 0 unspecified atom stereocenters. The first kappa shape index (κ1) is 17.9. The van der Waals surface area contributed by atoms with E-state index in [0.29, 0.717) is 11.4 Å². The van der Waals surface area contributed by atoms with Gasteiger partial charge in [-0.2, -0.15) is 0 Å². The lowest BCUT2D eigenvalue weighted by atomic mass is 10.1. The van der Waals surface area contributed by atoms with E-state index in [-0.39, 0.29) is 18.5 Å². The molecule has 2 aromatic carbocycles. The molecule has 0 atom stereocenters. The normalized spacial score (nSPS) is 10.8. The number of halogens is 2. The maximum Gasteiger partial charge on any atom is 0.321 e. The number of fused-ring (bicyclic) bond motifs is 1. The fourth-order valence-corrected chi connectivity index (χ4v) is 3.07. The zero-order valence-electron chi connectivity index (χ0n) is 13.8. The summed E-state index contributed by atoms with van der Waals surface area (Å²) in [7, 11) is 0. The molecule has 0 aliphatic carbocycles. The zero-order chi connectivity index (χ0) is 18.7. The van der Waals surface area contributed by atoms with Gasteiger partial charge in [0.25, 0.3) is 0 Å². The highest BCUT2D eigenvalue weighted by atomic mass is 35.5. The van der Waals surface area contributed by atoms with Crippen LogP contribution in [-0.2, 0) is 17.8 Å². The second-order valence-electron chi connectivity index (χ2n) is 5.89. The van der Waals surface area contributed by atoms with E-state index in [9.17, 15) is 14.0 Å². The van der Waals surface area contributed by atoms with Crippen molar-refractivity contribution in [2.45, 2.75) is 19.4 Å². The van der Waals surface area contributed by atoms with Gasteiger partial charge in [0.05, 0.1) is 17.1 Å². The minimum atomic E-state index is -0.903. The number of primary amides is 1. The Hall–Kier alpha value is -2.86. The molecule has 3 aromatic rings. The predicted molar refractivity (Wildman–Crippen MR) is 98.2 cm³/mol. The highest BCUT2D eigenvalue weighted by molar-refractivity contribution is 6.35. The highest BCUT2D eigenvalue weighted by Crippen LogP contribution is 2.26. The van der Waals surface area contributed by atoms with E-state index in [1.165, 1.54) is 18.2 Å². The van der Waals surface area contributed by atoms with Crippen LogP contribution in [0.2, 0.25) is 5.02 Å². The number of hydrogen-bond donors (Lipinski definition) is 2. The first-order valence-electron chi connectivity index (χ1n) is 8.05. The van der Waals surface area contributed by atoms with Gasteiger partial charge >= 0.3 is 6.03 Å². The number of H-pyrrole nitrogens is 1. The number of amides is 3. The van der Waals surface area contributed by atoms with E-state index in [1.807, 2.05) is 12.1 Å². The van der Waals surface area contributed by atoms with Gasteiger partial charge in [-0.15, -0.1) is 0 Å². The van der Waals surface area contributed by atoms with Gasteiger partial charge in [-0.25, -0.2) is 9.18 Å². The van der Waals surface area contributed by atoms with Crippen LogP contribution in [0.1, 0.15) is 17.5 Å². The molecule has 1 aromatic heterocycles. The van der Waals surface area contributed by atoms with Crippen molar-refractivity contribution in [1.82, 2.24) is 9.88 Å². The van der Waals surface area contributed by atoms with E-state index in [1.54, 1.807) is 18.3 Å². The van der Waals surface area contributed by atoms with E-state index in [2.05, 4.69) is 4.98 Å². The van der Waals surface area contributed by atoms with Crippen molar-refractivity contribution in [1.29, 1.82) is 0 Å². The molecule has 0 aliphatic heterocycles. The molecule has 1 heterocycles. The van der Waals surface area contributed by atoms with Gasteiger partial charge in [-0.3, -0.25) is 9.69 Å². The predicted octanol–water partition coefficient (Wildman–Crippen LogP) is 4.00. The fourth-order valence-electron chi connectivity index (χ4n) is 2.84. The summed E-state index contributed by atoms with van der Waals surface area (Å²) in [6.07, 6.45) is 2.26. The van der Waals surface area contributed by atoms with Crippen molar-refractivity contribution < 1.29 is 14.0 Å². The number of carbonyl (C=O) groups is 2. The largest absolute Gasteiger partial charge is 0.360 e. The summed E-state index contributed by atoms with van der Waals surface area (Å²) < 4.78 is 13.8. The SMILES string of the molecule is NC(=O)N(Cc1ccccc1F)C(=O)CCc1c[nH]c2c(Cl)cccc12. The molecule has 134 valence electrons. The number of urea groups is 1. The summed E-state index contributed by atoms with van der Waals surface area (Å²) in [6, 6.07) is 10.6. The lowest BCUT2D eigenvalue weighted by Crippen LogP contribution is -2.40. The van der Waals surface area contributed by atoms with Gasteiger partial charge in [-0.05, 0) is 24.1 Å². The number of aryl methyl sites for hydroxylation is 1. The van der Waals surface area contributed by atoms with E-state index in [4.69, 9.17) is 17.3 Å². The van der Waals surface area contributed by atoms with Crippen LogP contribution < -0.4 is 5.73 Å². The average molecular weight is 374 g/mol. The molecule has 3 rings (SSSR count). The van der Waals surface area contributed by atoms with Crippen molar-refractivity contribution in [3.8, 4) is 0 Å². The number of aromatic nitrogens is 1. The number of hydrogen-bond acceptors (Lipinski definition) is 2. The molecule has 0 saturated heterocycles. The second-order valence-corrected chi connectivity index (χ2v) is 6.29. The van der Waals surface area contributed by atoms with Crippen LogP contribution in [-0.4, -0.2) is 21.8 Å². The third kappa shape index (κ3) is 3.70. The minimum Gasteiger partial charge on any atom is -0.360 e. The fraction of sp³-hybridized carbons (Fsp3) is 0.158. The van der Waals surface area contributed by atoms with Crippen LogP contribution in [0.5, 0.6) is 0 Å². The lowest BCUT2D eigenvalue weighted by molar-refractivity contribution is -0.128. The number of rotatable bonds is 5. The summed E-state index contributed by atoms with van der Waals surface area (Å²) in [6.45, 7) is -0.194. The third-order valence-electron chi connectivity index (χ3n) is 4.21. The van der Waals surface area contributed by atoms with Gasteiger partial charge in [0, 0.05) is 23.6 Å². The minimum absolute atomic E-state index is 0.0663. The Balaban J connectivity index is 1.73. The molecule has 3 N–H and O–H groups in total. The molecule has 7 heteroatoms. The van der Waals surface area contributed by atoms with E-state index in [0.717, 1.165) is 21.4 Å². The number of nitrogens with two attached hydrogens (primary N) is 1. The molecule has 0 bridgehead atoms. The van der Waals surface area contributed by atoms with Crippen LogP contribution in [0, 0.1) is 5.82 Å². The molecule has 3 amide bonds. The zero-order valence-corrected chi connectivity index (χ0v) is 14.6. The summed E-state index contributed by atoms with van der Waals surface area (Å²) in [5, 5.41) is 1.52. The number of nitrogens with one attached hydrogen (secondary N) is 1. The summed E-state index contributed by atoms with van der Waals surface area (Å²) >= 11 is 6.13. The molecule has 0 fully saturated rings. The summed E-state index contributed by atoms with van der Waals surface area (Å²) in [5.41, 5.74) is 7.26. The third-order valence-corrected chi connectivity index (χ3v) is 4.53. The van der Waals surface area contributed by atoms with E-state index >= 15 is 0 Å². The standard InChI is InChI=1S/C19H17ClFN3O2/c20-15-6-3-5-14-12(10-23-18(14)15)8-9-17(25)24(19(22)26)11-13-4-1-2-7-16(13)21/h1-7,10,23H,8-9,11H2,(H2,22,26). The van der Waals surface area contributed by atoms with Crippen molar-refractivity contribution in [3.63, 3.8) is 0 Å². The summed E-state index contributed by atoms with van der Waals surface area (Å²) in [4.78, 5) is 28.1. The molecule has 0 radical (unpaired) electrons. The monoisotopic (exact) mass is 373 g/mol. The first-order valence-corrected chi connectivity index (χ1v) is 8.43. The first-order chi connectivity index (χ1) is 12.5. The number of benzene rings is 2. The van der Waals surface area contributed by atoms with Crippen LogP contribution in [0.15, 0.2) is 48.7 Å². The number of carbonyl (C=O) groups excluding carboxylic acids is 2. The average Bonchev–Trinajstić information content (AvgIpc) is 3.03. The number of imide groups is 1. The smallest absolute Gasteiger partial charge is 0.321 e. The van der Waals surface area contributed by atoms with Gasteiger partial charge in [-0.1, -0.05) is 41.9 Å². The molecular weight excluding hydrogens is 357 g/mol. The molecule has 0 spiro atoms. The van der Waals surface area contributed by atoms with Crippen molar-refractivity contribution in [3.05, 3.63) is 70.6 Å². The number of nitrogens with zero attached hydrogens (tertiary/aromatic N) is 1. The van der Waals surface area contributed by atoms with Gasteiger partial charge < -0.3 is 10.7 Å². The second kappa shape index (κ2) is 7.58. The van der Waals surface area contributed by atoms with Crippen LogP contribution >= 0.6 is 11.6 Å².